The first-order chi connectivity index (χ1) is 11.8. The van der Waals surface area contributed by atoms with Crippen molar-refractivity contribution in [1.29, 1.82) is 0 Å². The Bertz CT molecular complexity index is 636. The highest BCUT2D eigenvalue weighted by Gasteiger charge is 2.41. The summed E-state index contributed by atoms with van der Waals surface area (Å²) in [7, 11) is 0. The first kappa shape index (κ1) is 16.5. The molecule has 0 amide bonds. The number of benzene rings is 1. The third kappa shape index (κ3) is 3.00. The van der Waals surface area contributed by atoms with Crippen molar-refractivity contribution in [3.63, 3.8) is 0 Å². The molecule has 0 atom stereocenters. The van der Waals surface area contributed by atoms with Crippen LogP contribution in [0, 0.1) is 0 Å². The number of thiophene rings is 1. The second-order valence-electron chi connectivity index (χ2n) is 7.26. The Hall–Kier alpha value is -0.970. The molecule has 2 heterocycles. The van der Waals surface area contributed by atoms with Gasteiger partial charge in [-0.3, -0.25) is 9.80 Å². The summed E-state index contributed by atoms with van der Waals surface area (Å²) < 4.78 is 14.0. The van der Waals surface area contributed by atoms with Gasteiger partial charge >= 0.3 is 0 Å². The molecule has 1 aliphatic carbocycles. The molecule has 0 unspecified atom stereocenters. The van der Waals surface area contributed by atoms with E-state index in [1.54, 1.807) is 4.88 Å². The molecule has 1 saturated heterocycles. The van der Waals surface area contributed by atoms with Gasteiger partial charge in [-0.2, -0.15) is 0 Å². The van der Waals surface area contributed by atoms with Crippen LogP contribution < -0.4 is 0 Å². The zero-order valence-electron chi connectivity index (χ0n) is 14.3. The van der Waals surface area contributed by atoms with Crippen LogP contribution in [0.3, 0.4) is 0 Å². The Balaban J connectivity index is 1.63. The molecule has 4 rings (SSSR count). The van der Waals surface area contributed by atoms with Crippen LogP contribution in [0.4, 0.5) is 4.39 Å². The summed E-state index contributed by atoms with van der Waals surface area (Å²) in [4.78, 5) is 6.56. The van der Waals surface area contributed by atoms with Crippen molar-refractivity contribution in [3.8, 4) is 0 Å². The third-order valence-corrected chi connectivity index (χ3v) is 7.25. The molecule has 2 aromatic rings. The number of hydrogen-bond donors (Lipinski definition) is 0. The lowest BCUT2D eigenvalue weighted by Gasteiger charge is -2.49. The van der Waals surface area contributed by atoms with Crippen molar-refractivity contribution in [2.24, 2.45) is 0 Å². The molecular weight excluding hydrogens is 318 g/mol. The van der Waals surface area contributed by atoms with Gasteiger partial charge in [-0.1, -0.05) is 37.5 Å². The molecule has 1 aromatic heterocycles. The van der Waals surface area contributed by atoms with Crippen molar-refractivity contribution in [2.75, 3.05) is 39.4 Å². The van der Waals surface area contributed by atoms with Gasteiger partial charge in [0.05, 0.1) is 5.54 Å². The fourth-order valence-electron chi connectivity index (χ4n) is 4.59. The number of piperazine rings is 1. The quantitative estimate of drug-likeness (QED) is 0.796. The number of hydrogen-bond acceptors (Lipinski definition) is 3. The van der Waals surface area contributed by atoms with E-state index in [2.05, 4.69) is 40.1 Å². The van der Waals surface area contributed by atoms with Crippen LogP contribution in [0.5, 0.6) is 0 Å². The van der Waals surface area contributed by atoms with Crippen LogP contribution in [0.25, 0.3) is 10.1 Å². The third-order valence-electron chi connectivity index (χ3n) is 5.94. The average Bonchev–Trinajstić information content (AvgIpc) is 3.08. The minimum Gasteiger partial charge on any atom is -0.298 e. The van der Waals surface area contributed by atoms with E-state index in [4.69, 9.17) is 0 Å². The van der Waals surface area contributed by atoms with Gasteiger partial charge in [0, 0.05) is 42.3 Å². The summed E-state index contributed by atoms with van der Waals surface area (Å²) >= 11 is 1.99. The van der Waals surface area contributed by atoms with E-state index in [0.29, 0.717) is 6.54 Å². The molecule has 0 spiro atoms. The van der Waals surface area contributed by atoms with E-state index in [-0.39, 0.29) is 12.2 Å². The van der Waals surface area contributed by atoms with Crippen molar-refractivity contribution < 1.29 is 4.39 Å². The smallest absolute Gasteiger partial charge is 0.102 e. The molecule has 2 aliphatic rings. The van der Waals surface area contributed by atoms with Crippen LogP contribution in [-0.4, -0.2) is 49.2 Å². The lowest BCUT2D eigenvalue weighted by atomic mass is 9.78. The average molecular weight is 346 g/mol. The van der Waals surface area contributed by atoms with Crippen LogP contribution >= 0.6 is 11.3 Å². The summed E-state index contributed by atoms with van der Waals surface area (Å²) in [6.45, 7) is 4.56. The highest BCUT2D eigenvalue weighted by molar-refractivity contribution is 7.19. The number of alkyl halides is 1. The van der Waals surface area contributed by atoms with Gasteiger partial charge in [-0.25, -0.2) is 4.39 Å². The molecule has 1 saturated carbocycles. The number of halogens is 1. The minimum atomic E-state index is -0.221. The second kappa shape index (κ2) is 7.11. The summed E-state index contributed by atoms with van der Waals surface area (Å²) in [5.74, 6) is 0. The van der Waals surface area contributed by atoms with Crippen molar-refractivity contribution in [1.82, 2.24) is 9.80 Å². The van der Waals surface area contributed by atoms with Crippen molar-refractivity contribution in [3.05, 3.63) is 35.2 Å². The SMILES string of the molecule is [18F]CCN1CCN(C2(c3cc4ccccc4s3)CCCCC2)CC1. The van der Waals surface area contributed by atoms with Crippen molar-refractivity contribution in [2.45, 2.75) is 37.6 Å². The highest BCUT2D eigenvalue weighted by Crippen LogP contribution is 2.46. The zero-order chi connectivity index (χ0) is 16.4. The Morgan fingerprint density at radius 3 is 2.46 bits per heavy atom. The fraction of sp³-hybridized carbons (Fsp3) is 0.600. The van der Waals surface area contributed by atoms with E-state index in [1.807, 2.05) is 11.3 Å². The highest BCUT2D eigenvalue weighted by atomic mass is 32.1. The molecule has 130 valence electrons. The van der Waals surface area contributed by atoms with E-state index < -0.39 is 0 Å². The molecule has 1 aliphatic heterocycles. The van der Waals surface area contributed by atoms with Gasteiger partial charge in [0.1, 0.15) is 6.67 Å². The second-order valence-corrected chi connectivity index (χ2v) is 8.34. The van der Waals surface area contributed by atoms with Gasteiger partial charge < -0.3 is 0 Å². The number of rotatable bonds is 4. The standard InChI is InChI=1S/C20H27FN2S/c21-10-11-22-12-14-23(15-13-22)20(8-4-1-5-9-20)19-16-17-6-2-3-7-18(17)24-19/h2-3,6-7,16H,1,4-5,8-15H2/i21-1. The van der Waals surface area contributed by atoms with Crippen LogP contribution in [0.2, 0.25) is 0 Å². The zero-order valence-corrected chi connectivity index (χ0v) is 15.2. The number of nitrogens with zero attached hydrogens (tertiary/aromatic N) is 2. The Kier molecular flexibility index (Phi) is 4.88. The van der Waals surface area contributed by atoms with Crippen molar-refractivity contribution >= 4 is 21.4 Å². The molecule has 0 N–H and O–H groups in total. The Morgan fingerprint density at radius 1 is 1.00 bits per heavy atom. The fourth-order valence-corrected chi connectivity index (χ4v) is 5.92. The van der Waals surface area contributed by atoms with Gasteiger partial charge in [0.15, 0.2) is 0 Å². The lowest BCUT2D eigenvalue weighted by Crippen LogP contribution is -2.56. The van der Waals surface area contributed by atoms with E-state index >= 15 is 0 Å². The van der Waals surface area contributed by atoms with Gasteiger partial charge in [-0.15, -0.1) is 11.3 Å². The molecule has 1 aromatic carbocycles. The molecule has 2 nitrogen and oxygen atoms in total. The predicted octanol–water partition coefficient (Wildman–Crippen LogP) is 4.65. The van der Waals surface area contributed by atoms with Gasteiger partial charge in [0.2, 0.25) is 0 Å². The Labute approximate surface area is 148 Å². The monoisotopic (exact) mass is 345 g/mol. The lowest BCUT2D eigenvalue weighted by molar-refractivity contribution is 0.00545. The molecule has 0 radical (unpaired) electrons. The molecule has 2 fully saturated rings. The minimum absolute atomic E-state index is 0.221. The summed E-state index contributed by atoms with van der Waals surface area (Å²) in [5.41, 5.74) is 0.226. The summed E-state index contributed by atoms with van der Waals surface area (Å²) in [5, 5.41) is 1.39. The predicted molar refractivity (Wildman–Crippen MR) is 101 cm³/mol. The number of fused-ring (bicyclic) bond motifs is 1. The molecule has 4 heteroatoms. The molecular formula is C20H27FN2S. The molecule has 24 heavy (non-hydrogen) atoms. The van der Waals surface area contributed by atoms with E-state index in [9.17, 15) is 4.39 Å². The maximum Gasteiger partial charge on any atom is 0.102 e. The summed E-state index contributed by atoms with van der Waals surface area (Å²) in [6.07, 6.45) is 6.60. The topological polar surface area (TPSA) is 6.48 Å². The van der Waals surface area contributed by atoms with Gasteiger partial charge in [-0.05, 0) is 30.4 Å². The largest absolute Gasteiger partial charge is 0.298 e. The summed E-state index contributed by atoms with van der Waals surface area (Å²) in [6, 6.07) is 11.2. The molecule has 0 bridgehead atoms. The van der Waals surface area contributed by atoms with Gasteiger partial charge in [0.25, 0.3) is 0 Å². The van der Waals surface area contributed by atoms with E-state index in [0.717, 1.165) is 26.2 Å². The Morgan fingerprint density at radius 2 is 1.75 bits per heavy atom. The van der Waals surface area contributed by atoms with E-state index in [1.165, 1.54) is 42.2 Å². The first-order valence-corrected chi connectivity index (χ1v) is 10.2. The van der Waals surface area contributed by atoms with Crippen LogP contribution in [0.15, 0.2) is 30.3 Å². The van der Waals surface area contributed by atoms with Crippen LogP contribution in [0.1, 0.15) is 37.0 Å². The normalized spacial score (nSPS) is 22.9. The maximum absolute atomic E-state index is 12.6. The first-order valence-electron chi connectivity index (χ1n) is 9.34. The van der Waals surface area contributed by atoms with Crippen LogP contribution in [-0.2, 0) is 5.54 Å². The maximum atomic E-state index is 12.6.